The average Bonchev–Trinajstić information content (AvgIpc) is 3.17. The van der Waals surface area contributed by atoms with E-state index in [9.17, 15) is 5.11 Å². The van der Waals surface area contributed by atoms with Gasteiger partial charge in [-0.25, -0.2) is 0 Å². The summed E-state index contributed by atoms with van der Waals surface area (Å²) >= 11 is 0. The fourth-order valence-corrected chi connectivity index (χ4v) is 4.07. The molecule has 1 heterocycles. The van der Waals surface area contributed by atoms with E-state index in [4.69, 9.17) is 13.9 Å². The van der Waals surface area contributed by atoms with Crippen LogP contribution in [0, 0.1) is 5.92 Å². The van der Waals surface area contributed by atoms with Crippen molar-refractivity contribution in [2.75, 3.05) is 20.8 Å². The van der Waals surface area contributed by atoms with E-state index in [0.717, 1.165) is 61.6 Å². The lowest BCUT2D eigenvalue weighted by atomic mass is 9.90. The van der Waals surface area contributed by atoms with Gasteiger partial charge < -0.3 is 19.0 Å². The van der Waals surface area contributed by atoms with Gasteiger partial charge in [-0.1, -0.05) is 46.6 Å². The van der Waals surface area contributed by atoms with Crippen molar-refractivity contribution in [3.63, 3.8) is 0 Å². The van der Waals surface area contributed by atoms with E-state index in [1.54, 1.807) is 14.2 Å². The standard InChI is InChI=1S/C25H39NO4/c1-7-13-25(27,14-8-2)24-12-10-21(30-24)18-26(16-19(3)4)17-20-9-11-22(28-5)23(15-20)29-6/h9-12,15,19,27H,7-8,13-14,16-18H2,1-6H3. The molecule has 0 spiro atoms. The Balaban J connectivity index is 2.18. The second-order valence-electron chi connectivity index (χ2n) is 8.55. The molecule has 0 aliphatic heterocycles. The van der Waals surface area contributed by atoms with Gasteiger partial charge in [0.1, 0.15) is 17.1 Å². The zero-order chi connectivity index (χ0) is 22.1. The summed E-state index contributed by atoms with van der Waals surface area (Å²) in [5, 5.41) is 11.1. The minimum absolute atomic E-state index is 0.525. The smallest absolute Gasteiger partial charge is 0.161 e. The Morgan fingerprint density at radius 1 is 0.967 bits per heavy atom. The van der Waals surface area contributed by atoms with Gasteiger partial charge >= 0.3 is 0 Å². The number of hydrogen-bond acceptors (Lipinski definition) is 5. The van der Waals surface area contributed by atoms with Crippen molar-refractivity contribution in [2.45, 2.75) is 72.1 Å². The van der Waals surface area contributed by atoms with Crippen molar-refractivity contribution in [3.05, 3.63) is 47.4 Å². The Morgan fingerprint density at radius 3 is 2.20 bits per heavy atom. The van der Waals surface area contributed by atoms with Crippen LogP contribution < -0.4 is 9.47 Å². The number of nitrogens with zero attached hydrogens (tertiary/aromatic N) is 1. The molecule has 0 atom stereocenters. The highest BCUT2D eigenvalue weighted by molar-refractivity contribution is 5.42. The fourth-order valence-electron chi connectivity index (χ4n) is 4.07. The van der Waals surface area contributed by atoms with Crippen LogP contribution in [0.4, 0.5) is 0 Å². The molecule has 168 valence electrons. The minimum Gasteiger partial charge on any atom is -0.493 e. The first-order chi connectivity index (χ1) is 14.3. The number of benzene rings is 1. The number of methoxy groups -OCH3 is 2. The summed E-state index contributed by atoms with van der Waals surface area (Å²) < 4.78 is 17.0. The lowest BCUT2D eigenvalue weighted by molar-refractivity contribution is -0.00527. The van der Waals surface area contributed by atoms with Crippen LogP contribution in [0.1, 0.15) is 70.5 Å². The Kier molecular flexibility index (Phi) is 9.25. The summed E-state index contributed by atoms with van der Waals surface area (Å²) in [7, 11) is 3.31. The summed E-state index contributed by atoms with van der Waals surface area (Å²) in [4.78, 5) is 2.37. The monoisotopic (exact) mass is 417 g/mol. The highest BCUT2D eigenvalue weighted by Crippen LogP contribution is 2.33. The van der Waals surface area contributed by atoms with E-state index in [-0.39, 0.29) is 0 Å². The average molecular weight is 418 g/mol. The molecule has 0 saturated heterocycles. The molecule has 0 unspecified atom stereocenters. The van der Waals surface area contributed by atoms with Crippen LogP contribution in [0.15, 0.2) is 34.7 Å². The molecule has 0 radical (unpaired) electrons. The summed E-state index contributed by atoms with van der Waals surface area (Å²) in [6.45, 7) is 11.0. The first-order valence-electron chi connectivity index (χ1n) is 11.1. The van der Waals surface area contributed by atoms with Crippen LogP contribution in [0.5, 0.6) is 11.5 Å². The van der Waals surface area contributed by atoms with Crippen molar-refractivity contribution in [1.29, 1.82) is 0 Å². The van der Waals surface area contributed by atoms with Crippen molar-refractivity contribution in [2.24, 2.45) is 5.92 Å². The van der Waals surface area contributed by atoms with Crippen LogP contribution in [-0.2, 0) is 18.7 Å². The molecule has 0 amide bonds. The van der Waals surface area contributed by atoms with Crippen molar-refractivity contribution in [1.82, 2.24) is 4.90 Å². The number of ether oxygens (including phenoxy) is 2. The van der Waals surface area contributed by atoms with Gasteiger partial charge in [0, 0.05) is 13.1 Å². The van der Waals surface area contributed by atoms with E-state index in [2.05, 4.69) is 38.7 Å². The maximum Gasteiger partial charge on any atom is 0.161 e. The summed E-state index contributed by atoms with van der Waals surface area (Å²) in [5.41, 5.74) is 0.294. The molecule has 1 N–H and O–H groups in total. The van der Waals surface area contributed by atoms with E-state index in [1.807, 2.05) is 24.3 Å². The van der Waals surface area contributed by atoms with Gasteiger partial charge in [0.05, 0.1) is 20.8 Å². The Bertz CT molecular complexity index is 762. The predicted molar refractivity (Wildman–Crippen MR) is 121 cm³/mol. The normalized spacial score (nSPS) is 12.0. The number of hydrogen-bond donors (Lipinski definition) is 1. The molecule has 0 aliphatic carbocycles. The molecule has 1 aromatic heterocycles. The maximum absolute atomic E-state index is 11.1. The molecular weight excluding hydrogens is 378 g/mol. The summed E-state index contributed by atoms with van der Waals surface area (Å²) in [5.74, 6) is 3.58. The third kappa shape index (κ3) is 6.51. The molecule has 2 rings (SSSR count). The number of rotatable bonds is 13. The predicted octanol–water partition coefficient (Wildman–Crippen LogP) is 5.74. The zero-order valence-corrected chi connectivity index (χ0v) is 19.5. The quantitative estimate of drug-likeness (QED) is 0.450. The fraction of sp³-hybridized carbons (Fsp3) is 0.600. The Hall–Kier alpha value is -1.98. The van der Waals surface area contributed by atoms with Crippen LogP contribution >= 0.6 is 0 Å². The van der Waals surface area contributed by atoms with E-state index in [0.29, 0.717) is 18.2 Å². The van der Waals surface area contributed by atoms with Crippen LogP contribution in [-0.4, -0.2) is 30.8 Å². The second kappa shape index (κ2) is 11.4. The highest BCUT2D eigenvalue weighted by atomic mass is 16.5. The largest absolute Gasteiger partial charge is 0.493 e. The van der Waals surface area contributed by atoms with Crippen molar-refractivity contribution < 1.29 is 19.0 Å². The second-order valence-corrected chi connectivity index (χ2v) is 8.55. The van der Waals surface area contributed by atoms with E-state index in [1.165, 1.54) is 0 Å². The van der Waals surface area contributed by atoms with Gasteiger partial charge in [-0.3, -0.25) is 4.90 Å². The molecule has 30 heavy (non-hydrogen) atoms. The Labute approximate surface area is 182 Å². The maximum atomic E-state index is 11.1. The first kappa shape index (κ1) is 24.3. The van der Waals surface area contributed by atoms with Crippen molar-refractivity contribution in [3.8, 4) is 11.5 Å². The van der Waals surface area contributed by atoms with Crippen LogP contribution in [0.2, 0.25) is 0 Å². The topological polar surface area (TPSA) is 55.1 Å². The third-order valence-corrected chi connectivity index (χ3v) is 5.30. The molecule has 0 aliphatic rings. The zero-order valence-electron chi connectivity index (χ0n) is 19.5. The van der Waals surface area contributed by atoms with Gasteiger partial charge in [-0.15, -0.1) is 0 Å². The Morgan fingerprint density at radius 2 is 1.63 bits per heavy atom. The molecule has 1 aromatic carbocycles. The molecule has 2 aromatic rings. The van der Waals surface area contributed by atoms with Gasteiger partial charge in [0.25, 0.3) is 0 Å². The summed E-state index contributed by atoms with van der Waals surface area (Å²) in [6.07, 6.45) is 3.28. The van der Waals surface area contributed by atoms with E-state index < -0.39 is 5.60 Å². The van der Waals surface area contributed by atoms with Gasteiger partial charge in [-0.05, 0) is 48.6 Å². The molecule has 0 fully saturated rings. The molecule has 0 bridgehead atoms. The van der Waals surface area contributed by atoms with Gasteiger partial charge in [-0.2, -0.15) is 0 Å². The number of furan rings is 1. The van der Waals surface area contributed by atoms with E-state index >= 15 is 0 Å². The third-order valence-electron chi connectivity index (χ3n) is 5.30. The van der Waals surface area contributed by atoms with Crippen LogP contribution in [0.3, 0.4) is 0 Å². The molecule has 5 heteroatoms. The van der Waals surface area contributed by atoms with Crippen LogP contribution in [0.25, 0.3) is 0 Å². The van der Waals surface area contributed by atoms with Gasteiger partial charge in [0.2, 0.25) is 0 Å². The summed E-state index contributed by atoms with van der Waals surface area (Å²) in [6, 6.07) is 10.0. The van der Waals surface area contributed by atoms with Gasteiger partial charge in [0.15, 0.2) is 11.5 Å². The lowest BCUT2D eigenvalue weighted by Gasteiger charge is -2.26. The highest BCUT2D eigenvalue weighted by Gasteiger charge is 2.31. The lowest BCUT2D eigenvalue weighted by Crippen LogP contribution is -2.27. The molecule has 5 nitrogen and oxygen atoms in total. The minimum atomic E-state index is -0.867. The number of aliphatic hydroxyl groups is 1. The molecular formula is C25H39NO4. The first-order valence-corrected chi connectivity index (χ1v) is 11.1. The van der Waals surface area contributed by atoms with Crippen molar-refractivity contribution >= 4 is 0 Å². The molecule has 0 saturated carbocycles. The SMILES string of the molecule is CCCC(O)(CCC)c1ccc(CN(Cc2ccc(OC)c(OC)c2)CC(C)C)o1.